The number of rotatable bonds is 5. The van der Waals surface area contributed by atoms with Crippen molar-refractivity contribution in [3.8, 4) is 6.07 Å². The molecule has 0 bridgehead atoms. The van der Waals surface area contributed by atoms with Crippen LogP contribution in [0, 0.1) is 11.3 Å². The highest BCUT2D eigenvalue weighted by molar-refractivity contribution is 6.30. The monoisotopic (exact) mass is 395 g/mol. The van der Waals surface area contributed by atoms with Gasteiger partial charge in [-0.2, -0.15) is 15.3 Å². The first-order chi connectivity index (χ1) is 13.5. The summed E-state index contributed by atoms with van der Waals surface area (Å²) < 4.78 is 7.98. The molecular weight excluding hydrogens is 382 g/mol. The van der Waals surface area contributed by atoms with E-state index in [1.165, 1.54) is 15.6 Å². The van der Waals surface area contributed by atoms with Crippen LogP contribution < -0.4 is 5.56 Å². The van der Waals surface area contributed by atoms with Crippen molar-refractivity contribution in [2.75, 3.05) is 0 Å². The molecule has 9 nitrogen and oxygen atoms in total. The lowest BCUT2D eigenvalue weighted by Crippen LogP contribution is -2.20. The molecule has 0 aliphatic heterocycles. The van der Waals surface area contributed by atoms with Gasteiger partial charge >= 0.3 is 0 Å². The second kappa shape index (κ2) is 7.25. The number of aromatic nitrogens is 6. The van der Waals surface area contributed by atoms with E-state index in [1.54, 1.807) is 7.05 Å². The molecule has 0 saturated carbocycles. The van der Waals surface area contributed by atoms with Gasteiger partial charge in [-0.25, -0.2) is 9.67 Å². The van der Waals surface area contributed by atoms with Crippen molar-refractivity contribution in [3.63, 3.8) is 0 Å². The van der Waals surface area contributed by atoms with Crippen molar-refractivity contribution in [2.24, 2.45) is 7.05 Å². The molecule has 10 heteroatoms. The maximum atomic E-state index is 12.4. The van der Waals surface area contributed by atoms with Crippen LogP contribution in [0.5, 0.6) is 0 Å². The van der Waals surface area contributed by atoms with Crippen molar-refractivity contribution in [1.29, 1.82) is 5.26 Å². The van der Waals surface area contributed by atoms with Crippen LogP contribution in [0.4, 0.5) is 0 Å². The topological polar surface area (TPSA) is 115 Å². The number of hydrogen-bond acceptors (Lipinski definition) is 7. The molecule has 0 radical (unpaired) electrons. The van der Waals surface area contributed by atoms with E-state index in [9.17, 15) is 10.1 Å². The molecule has 0 amide bonds. The Hall–Kier alpha value is -3.51. The first kappa shape index (κ1) is 17.9. The van der Waals surface area contributed by atoms with Gasteiger partial charge in [0, 0.05) is 18.5 Å². The van der Waals surface area contributed by atoms with E-state index in [2.05, 4.69) is 20.2 Å². The zero-order valence-corrected chi connectivity index (χ0v) is 15.6. The number of halogens is 1. The fraction of sp³-hybridized carbons (Fsp3) is 0.222. The summed E-state index contributed by atoms with van der Waals surface area (Å²) in [6, 6.07) is 9.52. The van der Waals surface area contributed by atoms with Gasteiger partial charge in [-0.05, 0) is 24.1 Å². The van der Waals surface area contributed by atoms with Crippen molar-refractivity contribution >= 4 is 22.6 Å². The third kappa shape index (κ3) is 3.37. The molecule has 0 aliphatic rings. The first-order valence-corrected chi connectivity index (χ1v) is 8.81. The summed E-state index contributed by atoms with van der Waals surface area (Å²) in [7, 11) is 1.58. The quantitative estimate of drug-likeness (QED) is 0.506. The van der Waals surface area contributed by atoms with Gasteiger partial charge in [-0.1, -0.05) is 28.9 Å². The smallest absolute Gasteiger partial charge is 0.279 e. The third-order valence-corrected chi connectivity index (χ3v) is 4.51. The van der Waals surface area contributed by atoms with E-state index in [-0.39, 0.29) is 28.8 Å². The van der Waals surface area contributed by atoms with E-state index < -0.39 is 0 Å². The molecule has 0 N–H and O–H groups in total. The van der Waals surface area contributed by atoms with Crippen LogP contribution in [0.1, 0.15) is 23.0 Å². The number of aryl methyl sites for hydroxylation is 3. The summed E-state index contributed by atoms with van der Waals surface area (Å²) in [5, 5.41) is 18.1. The van der Waals surface area contributed by atoms with Gasteiger partial charge in [0.1, 0.15) is 18.1 Å². The lowest BCUT2D eigenvalue weighted by atomic mass is 10.1. The molecule has 0 spiro atoms. The number of nitriles is 1. The summed E-state index contributed by atoms with van der Waals surface area (Å²) in [5.74, 6) is 0.846. The maximum absolute atomic E-state index is 12.4. The Morgan fingerprint density at radius 2 is 2.04 bits per heavy atom. The van der Waals surface area contributed by atoms with E-state index in [1.807, 2.05) is 30.3 Å². The van der Waals surface area contributed by atoms with Gasteiger partial charge in [0.25, 0.3) is 5.56 Å². The standard InChI is InChI=1S/C18H14ClN7O2/c1-25-10-21-16-13(8-20)23-26(17(16)18(25)27)9-15-22-14(24-28-15)7-4-11-2-5-12(19)6-3-11/h2-3,5-6,10H,4,7,9H2,1H3. The zero-order valence-electron chi connectivity index (χ0n) is 14.8. The molecule has 0 atom stereocenters. The summed E-state index contributed by atoms with van der Waals surface area (Å²) in [5.41, 5.74) is 1.37. The second-order valence-corrected chi connectivity index (χ2v) is 6.64. The van der Waals surface area contributed by atoms with E-state index in [0.29, 0.717) is 23.2 Å². The molecule has 140 valence electrons. The van der Waals surface area contributed by atoms with Crippen molar-refractivity contribution < 1.29 is 4.52 Å². The van der Waals surface area contributed by atoms with Gasteiger partial charge in [-0.3, -0.25) is 4.79 Å². The maximum Gasteiger partial charge on any atom is 0.279 e. The van der Waals surface area contributed by atoms with E-state index >= 15 is 0 Å². The summed E-state index contributed by atoms with van der Waals surface area (Å²) in [6.45, 7) is 0.0764. The number of fused-ring (bicyclic) bond motifs is 1. The Morgan fingerprint density at radius 3 is 2.79 bits per heavy atom. The highest BCUT2D eigenvalue weighted by atomic mass is 35.5. The summed E-state index contributed by atoms with van der Waals surface area (Å²) in [4.78, 5) is 20.9. The Morgan fingerprint density at radius 1 is 1.25 bits per heavy atom. The largest absolute Gasteiger partial charge is 0.337 e. The fourth-order valence-corrected chi connectivity index (χ4v) is 2.96. The molecule has 0 unspecified atom stereocenters. The van der Waals surface area contributed by atoms with Gasteiger partial charge in [-0.15, -0.1) is 0 Å². The number of hydrogen-bond donors (Lipinski definition) is 0. The normalized spacial score (nSPS) is 11.0. The highest BCUT2D eigenvalue weighted by Gasteiger charge is 2.18. The molecule has 0 aliphatic carbocycles. The molecule has 3 aromatic heterocycles. The van der Waals surface area contributed by atoms with Crippen LogP contribution >= 0.6 is 11.6 Å². The van der Waals surface area contributed by atoms with Gasteiger partial charge in [0.2, 0.25) is 5.89 Å². The van der Waals surface area contributed by atoms with Crippen molar-refractivity contribution in [1.82, 2.24) is 29.5 Å². The van der Waals surface area contributed by atoms with Crippen LogP contribution in [0.2, 0.25) is 5.02 Å². The highest BCUT2D eigenvalue weighted by Crippen LogP contribution is 2.14. The molecule has 4 rings (SSSR count). The Balaban J connectivity index is 1.56. The molecule has 3 heterocycles. The van der Waals surface area contributed by atoms with Gasteiger partial charge < -0.3 is 9.09 Å². The average Bonchev–Trinajstić information content (AvgIpc) is 3.29. The van der Waals surface area contributed by atoms with Crippen LogP contribution in [-0.4, -0.2) is 29.5 Å². The van der Waals surface area contributed by atoms with E-state index in [4.69, 9.17) is 16.1 Å². The number of nitrogens with zero attached hydrogens (tertiary/aromatic N) is 7. The predicted octanol–water partition coefficient (Wildman–Crippen LogP) is 1.87. The van der Waals surface area contributed by atoms with Crippen LogP contribution in [0.15, 0.2) is 39.9 Å². The molecule has 0 fully saturated rings. The lowest BCUT2D eigenvalue weighted by Gasteiger charge is -2.00. The van der Waals surface area contributed by atoms with Crippen LogP contribution in [-0.2, 0) is 26.4 Å². The van der Waals surface area contributed by atoms with E-state index in [0.717, 1.165) is 12.0 Å². The second-order valence-electron chi connectivity index (χ2n) is 6.21. The molecule has 0 saturated heterocycles. The third-order valence-electron chi connectivity index (χ3n) is 4.26. The minimum atomic E-state index is -0.304. The number of benzene rings is 1. The van der Waals surface area contributed by atoms with Crippen molar-refractivity contribution in [3.05, 3.63) is 68.9 Å². The van der Waals surface area contributed by atoms with Crippen molar-refractivity contribution in [2.45, 2.75) is 19.4 Å². The minimum absolute atomic E-state index is 0.0764. The Bertz CT molecular complexity index is 1250. The first-order valence-electron chi connectivity index (χ1n) is 8.43. The molecule has 4 aromatic rings. The minimum Gasteiger partial charge on any atom is -0.337 e. The zero-order chi connectivity index (χ0) is 19.7. The SMILES string of the molecule is Cn1cnc2c(C#N)nn(Cc3nc(CCc4ccc(Cl)cc4)no3)c2c1=O. The molecule has 28 heavy (non-hydrogen) atoms. The molecular formula is C18H14ClN7O2. The average molecular weight is 396 g/mol. The predicted molar refractivity (Wildman–Crippen MR) is 99.7 cm³/mol. The summed E-state index contributed by atoms with van der Waals surface area (Å²) >= 11 is 5.89. The van der Waals surface area contributed by atoms with Crippen LogP contribution in [0.25, 0.3) is 11.0 Å². The van der Waals surface area contributed by atoms with Gasteiger partial charge in [0.15, 0.2) is 17.0 Å². The fourth-order valence-electron chi connectivity index (χ4n) is 2.83. The van der Waals surface area contributed by atoms with Crippen LogP contribution in [0.3, 0.4) is 0 Å². The Labute approximate surface area is 163 Å². The van der Waals surface area contributed by atoms with Gasteiger partial charge in [0.05, 0.1) is 6.33 Å². The molecule has 1 aromatic carbocycles. The Kier molecular flexibility index (Phi) is 4.63. The summed E-state index contributed by atoms with van der Waals surface area (Å²) in [6.07, 6.45) is 2.70. The lowest BCUT2D eigenvalue weighted by molar-refractivity contribution is 0.362.